The van der Waals surface area contributed by atoms with Gasteiger partial charge >= 0.3 is 0 Å². The lowest BCUT2D eigenvalue weighted by molar-refractivity contribution is 0.460. The van der Waals surface area contributed by atoms with Crippen LogP contribution in [-0.4, -0.2) is 21.3 Å². The molecule has 0 saturated heterocycles. The Morgan fingerprint density at radius 2 is 2.26 bits per heavy atom. The zero-order valence-corrected chi connectivity index (χ0v) is 12.7. The van der Waals surface area contributed by atoms with E-state index in [1.165, 1.54) is 4.88 Å². The zero-order chi connectivity index (χ0) is 13.7. The summed E-state index contributed by atoms with van der Waals surface area (Å²) in [5.41, 5.74) is 0.157. The van der Waals surface area contributed by atoms with Crippen LogP contribution in [0, 0.1) is 0 Å². The Bertz CT molecular complexity index is 487. The van der Waals surface area contributed by atoms with Gasteiger partial charge in [0.15, 0.2) is 0 Å². The van der Waals surface area contributed by atoms with Crippen LogP contribution in [0.4, 0.5) is 0 Å². The molecular weight excluding hydrogens is 256 g/mol. The van der Waals surface area contributed by atoms with Crippen molar-refractivity contribution in [3.05, 3.63) is 34.5 Å². The first kappa shape index (κ1) is 14.2. The summed E-state index contributed by atoms with van der Waals surface area (Å²) in [5.74, 6) is 1.02. The van der Waals surface area contributed by atoms with Gasteiger partial charge in [-0.1, -0.05) is 26.8 Å². The lowest BCUT2D eigenvalue weighted by atomic mass is 9.91. The molecule has 0 bridgehead atoms. The Labute approximate surface area is 118 Å². The number of rotatable bonds is 7. The summed E-state index contributed by atoms with van der Waals surface area (Å²) in [6, 6.07) is 4.31. The molecule has 2 rings (SSSR count). The molecule has 5 heteroatoms. The van der Waals surface area contributed by atoms with Gasteiger partial charge in [-0.15, -0.1) is 11.3 Å². The van der Waals surface area contributed by atoms with E-state index in [4.69, 9.17) is 0 Å². The first-order chi connectivity index (χ1) is 9.13. The molecule has 1 N–H and O–H groups in total. The summed E-state index contributed by atoms with van der Waals surface area (Å²) in [6.07, 6.45) is 2.72. The predicted molar refractivity (Wildman–Crippen MR) is 79.4 cm³/mol. The van der Waals surface area contributed by atoms with E-state index in [-0.39, 0.29) is 5.41 Å². The highest BCUT2D eigenvalue weighted by molar-refractivity contribution is 7.10. The number of hydrogen-bond donors (Lipinski definition) is 1. The van der Waals surface area contributed by atoms with Gasteiger partial charge in [0, 0.05) is 23.4 Å². The van der Waals surface area contributed by atoms with E-state index in [0.717, 1.165) is 31.9 Å². The smallest absolute Gasteiger partial charge is 0.140 e. The Hall–Kier alpha value is -1.20. The van der Waals surface area contributed by atoms with Crippen molar-refractivity contribution >= 4 is 11.3 Å². The van der Waals surface area contributed by atoms with Crippen LogP contribution < -0.4 is 5.32 Å². The molecule has 0 aromatic carbocycles. The lowest BCUT2D eigenvalue weighted by Gasteiger charge is -2.23. The molecular formula is C14H22N4S. The Morgan fingerprint density at radius 3 is 2.95 bits per heavy atom. The third kappa shape index (κ3) is 3.64. The molecule has 0 amide bonds. The Balaban J connectivity index is 1.88. The average Bonchev–Trinajstić information content (AvgIpc) is 3.01. The minimum absolute atomic E-state index is 0.157. The Kier molecular flexibility index (Phi) is 4.71. The van der Waals surface area contributed by atoms with Crippen LogP contribution in [0.15, 0.2) is 23.8 Å². The van der Waals surface area contributed by atoms with Crippen LogP contribution in [-0.2, 0) is 18.5 Å². The van der Waals surface area contributed by atoms with Crippen LogP contribution in [0.1, 0.15) is 37.9 Å². The van der Waals surface area contributed by atoms with Crippen molar-refractivity contribution in [2.45, 2.75) is 45.7 Å². The highest BCUT2D eigenvalue weighted by Crippen LogP contribution is 2.26. The molecule has 0 aliphatic heterocycles. The van der Waals surface area contributed by atoms with Gasteiger partial charge in [-0.2, -0.15) is 5.10 Å². The van der Waals surface area contributed by atoms with Crippen LogP contribution in [0.2, 0.25) is 0 Å². The van der Waals surface area contributed by atoms with Crippen molar-refractivity contribution < 1.29 is 0 Å². The average molecular weight is 278 g/mol. The molecule has 0 atom stereocenters. The van der Waals surface area contributed by atoms with E-state index in [0.29, 0.717) is 0 Å². The summed E-state index contributed by atoms with van der Waals surface area (Å²) in [6.45, 7) is 9.33. The second-order valence-corrected chi connectivity index (χ2v) is 6.31. The van der Waals surface area contributed by atoms with Gasteiger partial charge in [-0.05, 0) is 17.9 Å². The van der Waals surface area contributed by atoms with Crippen LogP contribution in [0.5, 0.6) is 0 Å². The third-order valence-electron chi connectivity index (χ3n) is 3.17. The fourth-order valence-corrected chi connectivity index (χ4v) is 2.91. The highest BCUT2D eigenvalue weighted by atomic mass is 32.1. The van der Waals surface area contributed by atoms with Gasteiger partial charge in [0.25, 0.3) is 0 Å². The standard InChI is InChI=1S/C14H22N4S/c1-4-7-18-13(16-11-17-18)9-15-10-14(2,3)12-6-5-8-19-12/h5-6,8,11,15H,4,7,9-10H2,1-3H3. The van der Waals surface area contributed by atoms with Crippen molar-refractivity contribution in [3.63, 3.8) is 0 Å². The van der Waals surface area contributed by atoms with E-state index < -0.39 is 0 Å². The van der Waals surface area contributed by atoms with E-state index in [2.05, 4.69) is 53.7 Å². The van der Waals surface area contributed by atoms with Gasteiger partial charge in [0.05, 0.1) is 6.54 Å². The summed E-state index contributed by atoms with van der Waals surface area (Å²) in [5, 5.41) is 9.87. The largest absolute Gasteiger partial charge is 0.309 e. The fourth-order valence-electron chi connectivity index (χ4n) is 2.06. The second-order valence-electron chi connectivity index (χ2n) is 5.36. The first-order valence-corrected chi connectivity index (χ1v) is 7.63. The zero-order valence-electron chi connectivity index (χ0n) is 11.9. The van der Waals surface area contributed by atoms with Crippen LogP contribution in [0.3, 0.4) is 0 Å². The number of thiophene rings is 1. The molecule has 0 aliphatic rings. The van der Waals surface area contributed by atoms with E-state index in [9.17, 15) is 0 Å². The first-order valence-electron chi connectivity index (χ1n) is 6.75. The topological polar surface area (TPSA) is 42.7 Å². The van der Waals surface area contributed by atoms with Gasteiger partial charge < -0.3 is 5.32 Å². The molecule has 0 unspecified atom stereocenters. The van der Waals surface area contributed by atoms with Crippen molar-refractivity contribution in [2.24, 2.45) is 0 Å². The van der Waals surface area contributed by atoms with Crippen molar-refractivity contribution in [1.29, 1.82) is 0 Å². The van der Waals surface area contributed by atoms with Crippen molar-refractivity contribution in [1.82, 2.24) is 20.1 Å². The fraction of sp³-hybridized carbons (Fsp3) is 0.571. The van der Waals surface area contributed by atoms with Crippen molar-refractivity contribution in [3.8, 4) is 0 Å². The van der Waals surface area contributed by atoms with Crippen LogP contribution in [0.25, 0.3) is 0 Å². The molecule has 0 radical (unpaired) electrons. The quantitative estimate of drug-likeness (QED) is 0.847. The maximum absolute atomic E-state index is 4.31. The summed E-state index contributed by atoms with van der Waals surface area (Å²) < 4.78 is 1.98. The van der Waals surface area contributed by atoms with Gasteiger partial charge in [0.2, 0.25) is 0 Å². The molecule has 104 valence electrons. The Morgan fingerprint density at radius 1 is 1.42 bits per heavy atom. The molecule has 2 aromatic rings. The van der Waals surface area contributed by atoms with Gasteiger partial charge in [-0.25, -0.2) is 9.67 Å². The van der Waals surface area contributed by atoms with E-state index in [1.54, 1.807) is 6.33 Å². The van der Waals surface area contributed by atoms with E-state index in [1.807, 2.05) is 16.0 Å². The molecule has 2 heterocycles. The molecule has 0 fully saturated rings. The molecule has 4 nitrogen and oxygen atoms in total. The lowest BCUT2D eigenvalue weighted by Crippen LogP contribution is -2.32. The maximum Gasteiger partial charge on any atom is 0.140 e. The normalized spacial score (nSPS) is 11.9. The monoisotopic (exact) mass is 278 g/mol. The number of hydrogen-bond acceptors (Lipinski definition) is 4. The number of aromatic nitrogens is 3. The van der Waals surface area contributed by atoms with E-state index >= 15 is 0 Å². The number of nitrogens with one attached hydrogen (secondary N) is 1. The minimum Gasteiger partial charge on any atom is -0.309 e. The molecule has 19 heavy (non-hydrogen) atoms. The molecule has 0 spiro atoms. The van der Waals surface area contributed by atoms with Gasteiger partial charge in [0.1, 0.15) is 12.2 Å². The highest BCUT2D eigenvalue weighted by Gasteiger charge is 2.21. The molecule has 0 saturated carbocycles. The van der Waals surface area contributed by atoms with Crippen LogP contribution >= 0.6 is 11.3 Å². The molecule has 0 aliphatic carbocycles. The van der Waals surface area contributed by atoms with Crippen molar-refractivity contribution in [2.75, 3.05) is 6.54 Å². The minimum atomic E-state index is 0.157. The maximum atomic E-state index is 4.31. The number of aryl methyl sites for hydroxylation is 1. The summed E-state index contributed by atoms with van der Waals surface area (Å²) in [7, 11) is 0. The SMILES string of the molecule is CCCn1ncnc1CNCC(C)(C)c1cccs1. The second kappa shape index (κ2) is 6.30. The number of nitrogens with zero attached hydrogens (tertiary/aromatic N) is 3. The van der Waals surface area contributed by atoms with Gasteiger partial charge in [-0.3, -0.25) is 0 Å². The summed E-state index contributed by atoms with van der Waals surface area (Å²) in [4.78, 5) is 5.72. The predicted octanol–water partition coefficient (Wildman–Crippen LogP) is 2.82. The molecule has 2 aromatic heterocycles. The summed E-state index contributed by atoms with van der Waals surface area (Å²) >= 11 is 1.82. The third-order valence-corrected chi connectivity index (χ3v) is 4.41.